The van der Waals surface area contributed by atoms with Crippen molar-refractivity contribution in [2.75, 3.05) is 27.3 Å². The van der Waals surface area contributed by atoms with Gasteiger partial charge in [-0.2, -0.15) is 0 Å². The van der Waals surface area contributed by atoms with Gasteiger partial charge in [-0.05, 0) is 44.4 Å². The van der Waals surface area contributed by atoms with Gasteiger partial charge >= 0.3 is 0 Å². The molecule has 2 rings (SSSR count). The number of hydrogen-bond acceptors (Lipinski definition) is 3. The molecule has 0 N–H and O–H groups in total. The minimum atomic E-state index is 0.0644. The minimum absolute atomic E-state index is 0.0644. The van der Waals surface area contributed by atoms with Crippen molar-refractivity contribution in [1.29, 1.82) is 0 Å². The van der Waals surface area contributed by atoms with Gasteiger partial charge in [-0.25, -0.2) is 0 Å². The Labute approximate surface area is 135 Å². The minimum Gasteiger partial charge on any atom is -0.378 e. The lowest BCUT2D eigenvalue weighted by atomic mass is 9.70. The van der Waals surface area contributed by atoms with Crippen molar-refractivity contribution in [3.63, 3.8) is 0 Å². The zero-order chi connectivity index (χ0) is 16.3. The zero-order valence-electron chi connectivity index (χ0n) is 14.9. The van der Waals surface area contributed by atoms with Crippen molar-refractivity contribution in [3.05, 3.63) is 0 Å². The van der Waals surface area contributed by atoms with Crippen LogP contribution in [0.3, 0.4) is 0 Å². The Bertz CT molecular complexity index is 377. The van der Waals surface area contributed by atoms with E-state index >= 15 is 0 Å². The van der Waals surface area contributed by atoms with E-state index in [1.54, 1.807) is 4.90 Å². The van der Waals surface area contributed by atoms with Gasteiger partial charge in [0.15, 0.2) is 0 Å². The molecule has 1 aliphatic carbocycles. The van der Waals surface area contributed by atoms with Gasteiger partial charge in [-0.15, -0.1) is 0 Å². The second-order valence-electron chi connectivity index (χ2n) is 7.85. The summed E-state index contributed by atoms with van der Waals surface area (Å²) in [5.41, 5.74) is 0.0644. The number of amides is 1. The highest BCUT2D eigenvalue weighted by Gasteiger charge is 2.56. The lowest BCUT2D eigenvalue weighted by Crippen LogP contribution is -2.41. The van der Waals surface area contributed by atoms with E-state index in [4.69, 9.17) is 9.47 Å². The first-order valence-corrected chi connectivity index (χ1v) is 8.80. The summed E-state index contributed by atoms with van der Waals surface area (Å²) in [5, 5.41) is 0. The first-order valence-electron chi connectivity index (χ1n) is 8.80. The summed E-state index contributed by atoms with van der Waals surface area (Å²) in [5.74, 6) is 1.83. The second kappa shape index (κ2) is 7.31. The van der Waals surface area contributed by atoms with Crippen LogP contribution < -0.4 is 0 Å². The van der Waals surface area contributed by atoms with Crippen LogP contribution in [-0.2, 0) is 14.3 Å². The van der Waals surface area contributed by atoms with Gasteiger partial charge in [-0.1, -0.05) is 13.8 Å². The van der Waals surface area contributed by atoms with E-state index in [0.717, 1.165) is 38.9 Å². The Kier molecular flexibility index (Phi) is 5.89. The number of hydrogen-bond donors (Lipinski definition) is 0. The lowest BCUT2D eigenvalue weighted by molar-refractivity contribution is -0.130. The third kappa shape index (κ3) is 4.45. The Morgan fingerprint density at radius 1 is 1.36 bits per heavy atom. The van der Waals surface area contributed by atoms with Crippen LogP contribution in [0.15, 0.2) is 0 Å². The maximum absolute atomic E-state index is 12.0. The normalized spacial score (nSPS) is 32.3. The highest BCUT2D eigenvalue weighted by molar-refractivity contribution is 5.75. The van der Waals surface area contributed by atoms with E-state index in [9.17, 15) is 4.79 Å². The smallest absolute Gasteiger partial charge is 0.222 e. The molecule has 4 atom stereocenters. The largest absolute Gasteiger partial charge is 0.378 e. The maximum atomic E-state index is 12.0. The Morgan fingerprint density at radius 3 is 2.59 bits per heavy atom. The predicted octanol–water partition coefficient (Wildman–Crippen LogP) is 3.10. The molecule has 0 bridgehead atoms. The van der Waals surface area contributed by atoms with Crippen LogP contribution >= 0.6 is 0 Å². The van der Waals surface area contributed by atoms with Crippen LogP contribution in [0.5, 0.6) is 0 Å². The third-order valence-electron chi connectivity index (χ3n) is 5.36. The third-order valence-corrected chi connectivity index (χ3v) is 5.36. The summed E-state index contributed by atoms with van der Waals surface area (Å²) >= 11 is 0. The van der Waals surface area contributed by atoms with Crippen molar-refractivity contribution >= 4 is 5.91 Å². The average molecular weight is 311 g/mol. The molecule has 0 radical (unpaired) electrons. The average Bonchev–Trinajstić information content (AvgIpc) is 3.20. The number of carbonyl (C=O) groups is 1. The Hall–Kier alpha value is -0.610. The summed E-state index contributed by atoms with van der Waals surface area (Å²) in [7, 11) is 3.68. The molecule has 128 valence electrons. The molecule has 0 aromatic heterocycles. The fourth-order valence-electron chi connectivity index (χ4n) is 3.62. The van der Waals surface area contributed by atoms with Crippen LogP contribution in [0.1, 0.15) is 52.9 Å². The van der Waals surface area contributed by atoms with E-state index in [0.29, 0.717) is 24.2 Å². The molecule has 1 spiro atoms. The molecule has 22 heavy (non-hydrogen) atoms. The van der Waals surface area contributed by atoms with E-state index < -0.39 is 0 Å². The van der Waals surface area contributed by atoms with Gasteiger partial charge < -0.3 is 14.4 Å². The molecule has 0 aromatic rings. The standard InChI is InChI=1S/C18H33NO3/c1-13(2)7-9-21-14(3)16-10-15(11-17(20)19(4)5)6-8-18(16)12-22-18/h13-16H,6-12H2,1-5H3. The quantitative estimate of drug-likeness (QED) is 0.679. The van der Waals surface area contributed by atoms with Crippen LogP contribution in [0.4, 0.5) is 0 Å². The number of rotatable bonds is 7. The molecule has 1 aliphatic heterocycles. The maximum Gasteiger partial charge on any atom is 0.222 e. The Morgan fingerprint density at radius 2 is 2.05 bits per heavy atom. The molecule has 4 unspecified atom stereocenters. The molecule has 4 nitrogen and oxygen atoms in total. The molecule has 1 heterocycles. The number of nitrogens with zero attached hydrogens (tertiary/aromatic N) is 1. The van der Waals surface area contributed by atoms with E-state index in [2.05, 4.69) is 20.8 Å². The number of ether oxygens (including phenoxy) is 2. The highest BCUT2D eigenvalue weighted by atomic mass is 16.6. The fraction of sp³-hybridized carbons (Fsp3) is 0.944. The Balaban J connectivity index is 1.88. The summed E-state index contributed by atoms with van der Waals surface area (Å²) < 4.78 is 11.9. The van der Waals surface area contributed by atoms with Gasteiger partial charge in [0, 0.05) is 33.0 Å². The van der Waals surface area contributed by atoms with Gasteiger partial charge in [-0.3, -0.25) is 4.79 Å². The SMILES string of the molecule is CC(C)CCOC(C)C1CC(CC(=O)N(C)C)CCC12CO2. The molecule has 4 heteroatoms. The first kappa shape index (κ1) is 17.7. The van der Waals surface area contributed by atoms with E-state index in [1.807, 2.05) is 14.1 Å². The molecule has 2 aliphatic rings. The van der Waals surface area contributed by atoms with Crippen molar-refractivity contribution in [2.24, 2.45) is 17.8 Å². The summed E-state index contributed by atoms with van der Waals surface area (Å²) in [6.07, 6.45) is 5.24. The highest BCUT2D eigenvalue weighted by Crippen LogP contribution is 2.50. The van der Waals surface area contributed by atoms with Crippen LogP contribution in [0.2, 0.25) is 0 Å². The number of carbonyl (C=O) groups excluding carboxylic acids is 1. The van der Waals surface area contributed by atoms with E-state index in [1.165, 1.54) is 0 Å². The van der Waals surface area contributed by atoms with Crippen molar-refractivity contribution in [3.8, 4) is 0 Å². The fourth-order valence-corrected chi connectivity index (χ4v) is 3.62. The first-order chi connectivity index (χ1) is 10.3. The predicted molar refractivity (Wildman–Crippen MR) is 87.7 cm³/mol. The monoisotopic (exact) mass is 311 g/mol. The summed E-state index contributed by atoms with van der Waals surface area (Å²) in [6, 6.07) is 0. The second-order valence-corrected chi connectivity index (χ2v) is 7.85. The van der Waals surface area contributed by atoms with Gasteiger partial charge in [0.1, 0.15) is 0 Å². The molecule has 2 fully saturated rings. The van der Waals surface area contributed by atoms with Gasteiger partial charge in [0.2, 0.25) is 5.91 Å². The summed E-state index contributed by atoms with van der Waals surface area (Å²) in [6.45, 7) is 8.34. The van der Waals surface area contributed by atoms with Gasteiger partial charge in [0.25, 0.3) is 0 Å². The summed E-state index contributed by atoms with van der Waals surface area (Å²) in [4.78, 5) is 13.7. The molecule has 0 aromatic carbocycles. The van der Waals surface area contributed by atoms with Crippen LogP contribution in [0.25, 0.3) is 0 Å². The van der Waals surface area contributed by atoms with Crippen LogP contribution in [-0.4, -0.2) is 49.8 Å². The molecule has 1 amide bonds. The zero-order valence-corrected chi connectivity index (χ0v) is 14.9. The van der Waals surface area contributed by atoms with Crippen LogP contribution in [0, 0.1) is 17.8 Å². The van der Waals surface area contributed by atoms with Gasteiger partial charge in [0.05, 0.1) is 18.3 Å². The van der Waals surface area contributed by atoms with E-state index in [-0.39, 0.29) is 17.6 Å². The van der Waals surface area contributed by atoms with Crippen molar-refractivity contribution < 1.29 is 14.3 Å². The number of epoxide rings is 1. The molecular formula is C18H33NO3. The van der Waals surface area contributed by atoms with Crippen molar-refractivity contribution in [1.82, 2.24) is 4.90 Å². The van der Waals surface area contributed by atoms with Crippen molar-refractivity contribution in [2.45, 2.75) is 64.6 Å². The molecule has 1 saturated heterocycles. The lowest BCUT2D eigenvalue weighted by Gasteiger charge is -2.38. The molecule has 1 saturated carbocycles. The topological polar surface area (TPSA) is 42.1 Å². The molecular weight excluding hydrogens is 278 g/mol.